The van der Waals surface area contributed by atoms with Gasteiger partial charge in [0.2, 0.25) is 0 Å². The van der Waals surface area contributed by atoms with Crippen molar-refractivity contribution in [2.45, 2.75) is 147 Å². The van der Waals surface area contributed by atoms with Crippen LogP contribution < -0.4 is 0 Å². The molecule has 0 aromatic heterocycles. The quantitative estimate of drug-likeness (QED) is 0.0668. The molecule has 0 rings (SSSR count). The summed E-state index contributed by atoms with van der Waals surface area (Å²) in [5.74, 6) is 0.0812. The van der Waals surface area contributed by atoms with Crippen LogP contribution in [0.1, 0.15) is 116 Å². The molecule has 1 unspecified atom stereocenters. The highest BCUT2D eigenvalue weighted by Crippen LogP contribution is 2.29. The number of esters is 1. The van der Waals surface area contributed by atoms with Gasteiger partial charge in [-0.2, -0.15) is 0 Å². The lowest BCUT2D eigenvalue weighted by Crippen LogP contribution is -2.42. The zero-order chi connectivity index (χ0) is 26.4. The molecule has 0 saturated heterocycles. The second kappa shape index (κ2) is 21.8. The van der Waals surface area contributed by atoms with Crippen molar-refractivity contribution >= 4 is 22.8 Å². The summed E-state index contributed by atoms with van der Waals surface area (Å²) in [6.07, 6.45) is 20.9. The summed E-state index contributed by atoms with van der Waals surface area (Å²) in [6, 6.07) is 0.896. The second-order valence-electron chi connectivity index (χ2n) is 11.2. The Hall–Kier alpha value is -0.216. The molecular weight excluding hydrogens is 472 g/mol. The van der Waals surface area contributed by atoms with Crippen LogP contribution in [0.2, 0.25) is 31.2 Å². The van der Waals surface area contributed by atoms with Crippen LogP contribution >= 0.6 is 0 Å². The lowest BCUT2D eigenvalue weighted by molar-refractivity contribution is -0.144. The molecule has 0 amide bonds. The minimum absolute atomic E-state index is 0.0812. The van der Waals surface area contributed by atoms with Crippen molar-refractivity contribution in [3.63, 3.8) is 0 Å². The molecule has 0 aromatic carbocycles. The molecule has 0 radical (unpaired) electrons. The summed E-state index contributed by atoms with van der Waals surface area (Å²) in [4.78, 5) is 12.8. The summed E-state index contributed by atoms with van der Waals surface area (Å²) < 4.78 is 22.2. The molecule has 0 aliphatic heterocycles. The lowest BCUT2D eigenvalue weighted by atomic mass is 10.1. The highest BCUT2D eigenvalue weighted by atomic mass is 28.4. The number of ether oxygens (including phenoxy) is 1. The smallest absolute Gasteiger partial charge is 0.466 e. The second-order valence-corrected chi connectivity index (χ2v) is 19.7. The van der Waals surface area contributed by atoms with Gasteiger partial charge in [0, 0.05) is 27.4 Å². The normalized spacial score (nSPS) is 13.2. The topological polar surface area (TPSA) is 54.0 Å². The number of carbonyl (C=O) groups excluding carboxylic acids is 1. The first-order chi connectivity index (χ1) is 16.8. The van der Waals surface area contributed by atoms with Crippen LogP contribution in [0.5, 0.6) is 0 Å². The highest BCUT2D eigenvalue weighted by molar-refractivity contribution is 6.80. The molecule has 210 valence electrons. The molecule has 0 bridgehead atoms. The van der Waals surface area contributed by atoms with Crippen molar-refractivity contribution < 1.29 is 22.8 Å². The molecule has 0 N–H and O–H groups in total. The minimum Gasteiger partial charge on any atom is -0.466 e. The molecule has 35 heavy (non-hydrogen) atoms. The van der Waals surface area contributed by atoms with E-state index in [0.717, 1.165) is 31.7 Å². The zero-order valence-corrected chi connectivity index (χ0v) is 26.6. The van der Waals surface area contributed by atoms with Crippen LogP contribution in [0.4, 0.5) is 0 Å². The number of rotatable bonds is 25. The fourth-order valence-electron chi connectivity index (χ4n) is 4.72. The summed E-state index contributed by atoms with van der Waals surface area (Å²) in [5, 5.41) is 0. The third kappa shape index (κ3) is 17.8. The van der Waals surface area contributed by atoms with Crippen molar-refractivity contribution in [3.8, 4) is 0 Å². The average molecular weight is 533 g/mol. The van der Waals surface area contributed by atoms with Gasteiger partial charge >= 0.3 is 14.8 Å². The van der Waals surface area contributed by atoms with Crippen LogP contribution in [0, 0.1) is 0 Å². The molecule has 0 fully saturated rings. The first-order valence-corrected chi connectivity index (χ1v) is 20.1. The molecular formula is C28H60O5Si2. The number of unbranched alkanes of at least 4 members (excludes halogenated alkanes) is 14. The van der Waals surface area contributed by atoms with E-state index in [2.05, 4.69) is 26.6 Å². The Labute approximate surface area is 220 Å². The highest BCUT2D eigenvalue weighted by Gasteiger charge is 2.36. The van der Waals surface area contributed by atoms with Crippen molar-refractivity contribution in [1.29, 1.82) is 0 Å². The largest absolute Gasteiger partial charge is 0.500 e. The van der Waals surface area contributed by atoms with Crippen molar-refractivity contribution in [3.05, 3.63) is 0 Å². The minimum atomic E-state index is -2.39. The van der Waals surface area contributed by atoms with E-state index in [1.54, 1.807) is 21.3 Å². The van der Waals surface area contributed by atoms with E-state index in [1.807, 2.05) is 0 Å². The Morgan fingerprint density at radius 1 is 0.629 bits per heavy atom. The van der Waals surface area contributed by atoms with Gasteiger partial charge in [-0.25, -0.2) is 0 Å². The summed E-state index contributed by atoms with van der Waals surface area (Å²) in [7, 11) is 1.12. The maximum atomic E-state index is 12.8. The Morgan fingerprint density at radius 2 is 1.06 bits per heavy atom. The van der Waals surface area contributed by atoms with Gasteiger partial charge in [0.05, 0.1) is 20.2 Å². The van der Waals surface area contributed by atoms with Crippen LogP contribution in [0.25, 0.3) is 0 Å². The molecule has 0 aliphatic rings. The molecule has 0 aromatic rings. The predicted octanol–water partition coefficient (Wildman–Crippen LogP) is 8.77. The van der Waals surface area contributed by atoms with Gasteiger partial charge in [-0.15, -0.1) is 0 Å². The van der Waals surface area contributed by atoms with Crippen LogP contribution in [-0.4, -0.2) is 50.8 Å². The zero-order valence-electron chi connectivity index (χ0n) is 24.6. The van der Waals surface area contributed by atoms with E-state index in [-0.39, 0.29) is 11.5 Å². The molecule has 0 aliphatic carbocycles. The van der Waals surface area contributed by atoms with Gasteiger partial charge in [-0.05, 0) is 19.3 Å². The lowest BCUT2D eigenvalue weighted by Gasteiger charge is -2.27. The molecule has 0 heterocycles. The van der Waals surface area contributed by atoms with Gasteiger partial charge in [0.25, 0.3) is 0 Å². The molecule has 0 spiro atoms. The van der Waals surface area contributed by atoms with Gasteiger partial charge in [-0.1, -0.05) is 116 Å². The van der Waals surface area contributed by atoms with Crippen molar-refractivity contribution in [1.82, 2.24) is 0 Å². The molecule has 1 atom stereocenters. The number of hydrogen-bond acceptors (Lipinski definition) is 5. The van der Waals surface area contributed by atoms with Crippen molar-refractivity contribution in [2.24, 2.45) is 0 Å². The van der Waals surface area contributed by atoms with E-state index in [1.165, 1.54) is 83.5 Å². The SMILES string of the molecule is CCCCCCCCCC(C(=O)OCCCCCCCCCCC[Si](OC)(OC)OC)[Si](C)(C)C. The van der Waals surface area contributed by atoms with Crippen LogP contribution in [-0.2, 0) is 22.8 Å². The Balaban J connectivity index is 3.80. The van der Waals surface area contributed by atoms with Gasteiger partial charge in [0.15, 0.2) is 0 Å². The van der Waals surface area contributed by atoms with Crippen molar-refractivity contribution in [2.75, 3.05) is 27.9 Å². The first-order valence-electron chi connectivity index (χ1n) is 14.6. The van der Waals surface area contributed by atoms with E-state index in [4.69, 9.17) is 18.0 Å². The maximum absolute atomic E-state index is 12.8. The Kier molecular flexibility index (Phi) is 21.7. The standard InChI is InChI=1S/C28H60O5Si2/c1-8-9-10-11-15-18-21-24-27(34(5,6)7)28(29)33-25-22-19-16-13-12-14-17-20-23-26-35(30-2,31-3)32-4/h27H,8-26H2,1-7H3. The maximum Gasteiger partial charge on any atom is 0.500 e. The third-order valence-electron chi connectivity index (χ3n) is 7.23. The molecule has 7 heteroatoms. The number of hydrogen-bond donors (Lipinski definition) is 0. The first kappa shape index (κ1) is 34.8. The van der Waals surface area contributed by atoms with Crippen LogP contribution in [0.15, 0.2) is 0 Å². The average Bonchev–Trinajstić information content (AvgIpc) is 2.83. The Bertz CT molecular complexity index is 484. The van der Waals surface area contributed by atoms with E-state index in [9.17, 15) is 4.79 Å². The van der Waals surface area contributed by atoms with Gasteiger partial charge in [-0.3, -0.25) is 4.79 Å². The fourth-order valence-corrected chi connectivity index (χ4v) is 8.38. The van der Waals surface area contributed by atoms with Gasteiger partial charge in [0.1, 0.15) is 0 Å². The van der Waals surface area contributed by atoms with Crippen LogP contribution in [0.3, 0.4) is 0 Å². The summed E-state index contributed by atoms with van der Waals surface area (Å²) in [6.45, 7) is 9.79. The summed E-state index contributed by atoms with van der Waals surface area (Å²) in [5.41, 5.74) is 0.155. The summed E-state index contributed by atoms with van der Waals surface area (Å²) >= 11 is 0. The number of carbonyl (C=O) groups is 1. The Morgan fingerprint density at radius 3 is 1.51 bits per heavy atom. The van der Waals surface area contributed by atoms with E-state index >= 15 is 0 Å². The third-order valence-corrected chi connectivity index (χ3v) is 12.7. The van der Waals surface area contributed by atoms with E-state index in [0.29, 0.717) is 6.61 Å². The predicted molar refractivity (Wildman–Crippen MR) is 154 cm³/mol. The fraction of sp³-hybridized carbons (Fsp3) is 0.964. The molecule has 5 nitrogen and oxygen atoms in total. The van der Waals surface area contributed by atoms with Gasteiger partial charge < -0.3 is 18.0 Å². The monoisotopic (exact) mass is 532 g/mol. The molecule has 0 saturated carbocycles. The van der Waals surface area contributed by atoms with E-state index < -0.39 is 16.9 Å².